The summed E-state index contributed by atoms with van der Waals surface area (Å²) in [5, 5.41) is 4.04. The molecule has 0 saturated heterocycles. The number of hydrogen-bond acceptors (Lipinski definition) is 12. The first kappa shape index (κ1) is 45.7. The van der Waals surface area contributed by atoms with Crippen LogP contribution in [0.2, 0.25) is 0 Å². The molecular formula is C54H39IN6O6Pt-4. The van der Waals surface area contributed by atoms with Gasteiger partial charge in [-0.2, -0.15) is 12.7 Å². The van der Waals surface area contributed by atoms with Crippen LogP contribution in [0.25, 0.3) is 43.9 Å². The second kappa shape index (κ2) is 20.2. The zero-order valence-corrected chi connectivity index (χ0v) is 40.9. The maximum atomic E-state index is 6.37. The second-order valence-electron chi connectivity index (χ2n) is 15.5. The number of nitrogens with zero attached hydrogens (tertiary/aromatic N) is 6. The monoisotopic (exact) mass is 1190 g/mol. The smallest absolute Gasteiger partial charge is 0.219 e. The van der Waals surface area contributed by atoms with Crippen LogP contribution in [-0.2, 0) is 21.1 Å². The number of rotatable bonds is 10. The first-order valence-corrected chi connectivity index (χ1v) is 21.1. The van der Waals surface area contributed by atoms with E-state index in [-0.39, 0.29) is 45.0 Å². The summed E-state index contributed by atoms with van der Waals surface area (Å²) in [5.74, 6) is 4.42. The molecule has 0 bridgehead atoms. The fraction of sp³-hybridized carbons (Fsp3) is 0.0556. The number of fused-ring (bicyclic) bond motifs is 6. The predicted octanol–water partition coefficient (Wildman–Crippen LogP) is 10.3. The second-order valence-corrected chi connectivity index (χ2v) is 15.5. The zero-order chi connectivity index (χ0) is 44.4. The van der Waals surface area contributed by atoms with Gasteiger partial charge in [-0.1, -0.05) is 66.0 Å². The van der Waals surface area contributed by atoms with Gasteiger partial charge in [-0.3, -0.25) is 0 Å². The largest absolute Gasteiger partial charge is 1.00 e. The van der Waals surface area contributed by atoms with Crippen molar-refractivity contribution in [2.45, 2.75) is 0 Å². The van der Waals surface area contributed by atoms with Crippen molar-refractivity contribution in [3.63, 3.8) is 0 Å². The van der Waals surface area contributed by atoms with Crippen molar-refractivity contribution in [2.75, 3.05) is 30.6 Å². The molecule has 10 aromatic rings. The van der Waals surface area contributed by atoms with E-state index in [1.807, 2.05) is 158 Å². The molecule has 14 heteroatoms. The van der Waals surface area contributed by atoms with Crippen LogP contribution in [0.5, 0.6) is 46.3 Å². The van der Waals surface area contributed by atoms with Crippen molar-refractivity contribution < 1.29 is 72.8 Å². The normalized spacial score (nSPS) is 12.9. The van der Waals surface area contributed by atoms with E-state index in [1.54, 1.807) is 24.5 Å². The van der Waals surface area contributed by atoms with E-state index in [0.717, 1.165) is 50.8 Å². The molecule has 12 rings (SSSR count). The topological polar surface area (TPSA) is 102 Å². The van der Waals surface area contributed by atoms with Gasteiger partial charge in [0.05, 0.1) is 18.0 Å². The van der Waals surface area contributed by atoms with Gasteiger partial charge in [-0.05, 0) is 61.9 Å². The molecule has 4 aromatic heterocycles. The van der Waals surface area contributed by atoms with E-state index < -0.39 is 0 Å². The van der Waals surface area contributed by atoms with Crippen LogP contribution in [-0.4, -0.2) is 40.5 Å². The molecule has 2 aliphatic heterocycles. The number of aromatic nitrogens is 2. The van der Waals surface area contributed by atoms with Gasteiger partial charge in [-0.15, -0.1) is 30.0 Å². The van der Waals surface area contributed by atoms with Crippen molar-refractivity contribution in [1.29, 1.82) is 0 Å². The van der Waals surface area contributed by atoms with Gasteiger partial charge >= 0.3 is 0 Å². The third kappa shape index (κ3) is 9.80. The molecule has 6 aromatic carbocycles. The number of halogens is 1. The molecule has 6 heterocycles. The standard InChI is InChI=1S/C27H21N3O3.C27H18N3O3.HI.Pt/c2*1-29-13-14-30(18-29)19-15-23-22-9-2-3-10-24(22)33-27(23)25(16-19)31-20-7-6-8-21(17-20)32-26-11-4-5-12-28-26;;/h2-17H,18H2,1H3;2-15,18H,1H3;1H;/q;-3;;/p-1. The number of benzene rings is 6. The van der Waals surface area contributed by atoms with Crippen LogP contribution < -0.4 is 52.7 Å². The van der Waals surface area contributed by atoms with E-state index in [1.165, 1.54) is 0 Å². The Bertz CT molecular complexity index is 3190. The molecule has 0 amide bonds. The van der Waals surface area contributed by atoms with Gasteiger partial charge in [0, 0.05) is 111 Å². The summed E-state index contributed by atoms with van der Waals surface area (Å²) in [6.07, 6.45) is 11.4. The molecule has 68 heavy (non-hydrogen) atoms. The summed E-state index contributed by atoms with van der Waals surface area (Å²) in [5.41, 5.74) is 4.83. The van der Waals surface area contributed by atoms with E-state index in [9.17, 15) is 0 Å². The summed E-state index contributed by atoms with van der Waals surface area (Å²) in [6, 6.07) is 52.7. The minimum atomic E-state index is 0. The summed E-state index contributed by atoms with van der Waals surface area (Å²) in [6.45, 7) is 2.74. The average molecular weight is 1190 g/mol. The SMILES string of the molecule is CN1C=CN(c2[c-]c(Oc3[c-]c(Oc4ccccn4)ccc3)c3oc4ccccc4c3c2)[CH-]1.CN1C=CN(c2cc(Oc3cccc(Oc4ccccn4)c3)c3oc4ccccc4c3c2)C1.[I-].[Pt]. The fourth-order valence-electron chi connectivity index (χ4n) is 7.68. The van der Waals surface area contributed by atoms with E-state index in [4.69, 9.17) is 27.8 Å². The molecule has 0 saturated carbocycles. The number of hydrogen-bond donors (Lipinski definition) is 0. The Morgan fingerprint density at radius 3 is 1.85 bits per heavy atom. The molecular weight excluding hydrogens is 1150 g/mol. The van der Waals surface area contributed by atoms with Crippen LogP contribution in [0.1, 0.15) is 0 Å². The molecule has 0 aliphatic carbocycles. The molecule has 0 atom stereocenters. The van der Waals surface area contributed by atoms with Crippen LogP contribution in [0.4, 0.5) is 11.4 Å². The molecule has 0 N–H and O–H groups in total. The number of pyridine rings is 2. The van der Waals surface area contributed by atoms with Gasteiger partial charge < -0.3 is 71.4 Å². The van der Waals surface area contributed by atoms with E-state index >= 15 is 0 Å². The van der Waals surface area contributed by atoms with Crippen molar-refractivity contribution in [2.24, 2.45) is 0 Å². The Hall–Kier alpha value is -7.48. The van der Waals surface area contributed by atoms with Crippen LogP contribution in [0, 0.1) is 18.8 Å². The Labute approximate surface area is 423 Å². The maximum Gasteiger partial charge on any atom is 0.219 e. The number of para-hydroxylation sites is 2. The first-order valence-electron chi connectivity index (χ1n) is 21.1. The first-order chi connectivity index (χ1) is 32.5. The van der Waals surface area contributed by atoms with Crippen LogP contribution >= 0.6 is 0 Å². The summed E-state index contributed by atoms with van der Waals surface area (Å²) in [4.78, 5) is 16.7. The Kier molecular flexibility index (Phi) is 13.5. The number of anilines is 2. The van der Waals surface area contributed by atoms with Crippen molar-refractivity contribution in [3.05, 3.63) is 202 Å². The van der Waals surface area contributed by atoms with Crippen LogP contribution in [0.3, 0.4) is 0 Å². The summed E-state index contributed by atoms with van der Waals surface area (Å²) >= 11 is 0. The Morgan fingerprint density at radius 2 is 1.19 bits per heavy atom. The number of furan rings is 2. The molecule has 12 nitrogen and oxygen atoms in total. The van der Waals surface area contributed by atoms with Crippen LogP contribution in [0.15, 0.2) is 192 Å². The summed E-state index contributed by atoms with van der Waals surface area (Å²) < 4.78 is 36.6. The molecule has 342 valence electrons. The third-order valence-corrected chi connectivity index (χ3v) is 10.7. The third-order valence-electron chi connectivity index (χ3n) is 10.7. The minimum absolute atomic E-state index is 0. The Balaban J connectivity index is 0.000000165. The zero-order valence-electron chi connectivity index (χ0n) is 36.4. The molecule has 0 fully saturated rings. The average Bonchev–Trinajstić information content (AvgIpc) is 4.16. The van der Waals surface area contributed by atoms with Gasteiger partial charge in [0.15, 0.2) is 11.3 Å². The predicted molar refractivity (Wildman–Crippen MR) is 255 cm³/mol. The van der Waals surface area contributed by atoms with Crippen molar-refractivity contribution >= 4 is 55.3 Å². The fourth-order valence-corrected chi connectivity index (χ4v) is 7.68. The van der Waals surface area contributed by atoms with Crippen molar-refractivity contribution in [3.8, 4) is 46.3 Å². The van der Waals surface area contributed by atoms with Crippen molar-refractivity contribution in [1.82, 2.24) is 19.8 Å². The van der Waals surface area contributed by atoms with E-state index in [0.29, 0.717) is 57.4 Å². The molecule has 2 aliphatic rings. The summed E-state index contributed by atoms with van der Waals surface area (Å²) in [7, 11) is 4.02. The quantitative estimate of drug-likeness (QED) is 0.0963. The maximum absolute atomic E-state index is 6.37. The van der Waals surface area contributed by atoms with Gasteiger partial charge in [0.25, 0.3) is 0 Å². The van der Waals surface area contributed by atoms with Gasteiger partial charge in [0.1, 0.15) is 22.7 Å². The minimum Gasteiger partial charge on any atom is -1.00 e. The molecule has 0 radical (unpaired) electrons. The molecule has 0 unspecified atom stereocenters. The number of ether oxygens (including phenoxy) is 4. The van der Waals surface area contributed by atoms with Gasteiger partial charge in [0.2, 0.25) is 11.8 Å². The van der Waals surface area contributed by atoms with E-state index in [2.05, 4.69) is 62.5 Å². The Morgan fingerprint density at radius 1 is 0.559 bits per heavy atom. The van der Waals surface area contributed by atoms with Gasteiger partial charge in [-0.25, -0.2) is 9.97 Å². The molecule has 0 spiro atoms.